The van der Waals surface area contributed by atoms with Crippen LogP contribution in [0.25, 0.3) is 0 Å². The van der Waals surface area contributed by atoms with Gasteiger partial charge in [-0.2, -0.15) is 0 Å². The normalized spacial score (nSPS) is 8.71. The van der Waals surface area contributed by atoms with Gasteiger partial charge in [-0.1, -0.05) is 47.0 Å². The fraction of sp³-hybridized carbons (Fsp3) is 0.750. The van der Waals surface area contributed by atoms with Gasteiger partial charge < -0.3 is 32.4 Å². The highest BCUT2D eigenvalue weighted by Gasteiger charge is 2.04. The van der Waals surface area contributed by atoms with Gasteiger partial charge in [-0.25, -0.2) is 0 Å². The lowest BCUT2D eigenvalue weighted by Crippen LogP contribution is -2.38. The third-order valence-electron chi connectivity index (χ3n) is 4.51. The molecule has 0 aliphatic rings. The number of nitrogens with one attached hydrogen (secondary N) is 5. The number of hydrogen-bond donors (Lipinski definition) is 7. The highest BCUT2D eigenvalue weighted by molar-refractivity contribution is 6.15. The molecule has 0 saturated heterocycles. The van der Waals surface area contributed by atoms with Crippen molar-refractivity contribution >= 4 is 67.2 Å². The van der Waals surface area contributed by atoms with E-state index in [1.54, 1.807) is 0 Å². The van der Waals surface area contributed by atoms with E-state index in [0.717, 1.165) is 25.7 Å². The van der Waals surface area contributed by atoms with Gasteiger partial charge in [-0.05, 0) is 19.3 Å². The number of Topliss-reactive ketones (excluding diaryl/α,β-unsaturated/α-hetero) is 1. The molecule has 0 spiro atoms. The van der Waals surface area contributed by atoms with Crippen LogP contribution in [0.2, 0.25) is 0 Å². The average Bonchev–Trinajstić information content (AvgIpc) is 3.00. The number of unbranched alkanes of at least 4 members (excludes halogenated alkanes) is 4. The van der Waals surface area contributed by atoms with Gasteiger partial charge in [0, 0.05) is 38.6 Å². The zero-order valence-corrected chi connectivity index (χ0v) is 25.3. The Morgan fingerprint density at radius 1 is 0.610 bits per heavy atom. The first-order valence-corrected chi connectivity index (χ1v) is 13.7. The number of nitrogens with two attached hydrogens (primary N) is 2. The van der Waals surface area contributed by atoms with Crippen LogP contribution >= 0.6 is 0 Å². The van der Waals surface area contributed by atoms with Crippen molar-refractivity contribution in [3.8, 4) is 0 Å². The Labute approximate surface area is 251 Å². The number of rotatable bonds is 18. The van der Waals surface area contributed by atoms with Crippen LogP contribution in [0.5, 0.6) is 0 Å². The molecule has 0 aromatic carbocycles. The van der Waals surface area contributed by atoms with Gasteiger partial charge >= 0.3 is 0 Å². The summed E-state index contributed by atoms with van der Waals surface area (Å²) < 4.78 is 0. The van der Waals surface area contributed by atoms with Crippen molar-refractivity contribution in [2.75, 3.05) is 19.6 Å². The monoisotopic (exact) mass is 575 g/mol. The van der Waals surface area contributed by atoms with Crippen LogP contribution < -0.4 is 37.7 Å². The van der Waals surface area contributed by atoms with Crippen LogP contribution in [0.1, 0.15) is 98.3 Å². The first-order chi connectivity index (χ1) is 19.6. The van der Waals surface area contributed by atoms with Gasteiger partial charge in [0.2, 0.25) is 53.5 Å². The van der Waals surface area contributed by atoms with Crippen LogP contribution in [0, 0.1) is 0 Å². The average molecular weight is 575 g/mol. The lowest BCUT2D eigenvalue weighted by atomic mass is 10.1. The summed E-state index contributed by atoms with van der Waals surface area (Å²) in [6, 6.07) is 0. The second kappa shape index (κ2) is 41.7. The smallest absolute Gasteiger partial charge is 0.226 e. The van der Waals surface area contributed by atoms with E-state index in [0.29, 0.717) is 25.8 Å². The Morgan fingerprint density at radius 2 is 1.07 bits per heavy atom. The van der Waals surface area contributed by atoms with Crippen molar-refractivity contribution in [1.29, 1.82) is 0 Å². The van der Waals surface area contributed by atoms with E-state index in [4.69, 9.17) is 29.7 Å². The summed E-state index contributed by atoms with van der Waals surface area (Å²) in [5.41, 5.74) is 8.92. The molecule has 41 heavy (non-hydrogen) atoms. The zero-order valence-electron chi connectivity index (χ0n) is 25.3. The van der Waals surface area contributed by atoms with Crippen LogP contribution in [0.4, 0.5) is 0 Å². The summed E-state index contributed by atoms with van der Waals surface area (Å²) in [5.74, 6) is -1.21. The fourth-order valence-electron chi connectivity index (χ4n) is 2.36. The molecule has 0 aromatic rings. The Bertz CT molecular complexity index is 662. The van der Waals surface area contributed by atoms with Crippen molar-refractivity contribution in [2.24, 2.45) is 11.4 Å². The SMILES string of the molecule is CC.CCC(=O)CCCCC(N)=O.[B]N.[B]NC(=O)CCC(=O)NCCCCCC.[B]NC(=O)CNCC(=O)N[B]. The van der Waals surface area contributed by atoms with Crippen molar-refractivity contribution in [3.05, 3.63) is 0 Å². The summed E-state index contributed by atoms with van der Waals surface area (Å²) in [6.07, 6.45) is 7.99. The van der Waals surface area contributed by atoms with Crippen LogP contribution in [-0.4, -0.2) is 86.9 Å². The second-order valence-electron chi connectivity index (χ2n) is 7.78. The predicted octanol–water partition coefficient (Wildman–Crippen LogP) is -1.30. The summed E-state index contributed by atoms with van der Waals surface area (Å²) in [6.45, 7) is 8.66. The molecule has 0 rings (SSSR count). The van der Waals surface area contributed by atoms with E-state index in [9.17, 15) is 28.8 Å². The van der Waals surface area contributed by atoms with Crippen LogP contribution in [0.3, 0.4) is 0 Å². The van der Waals surface area contributed by atoms with E-state index in [2.05, 4.69) is 31.2 Å². The van der Waals surface area contributed by atoms with Gasteiger partial charge in [0.1, 0.15) is 5.78 Å². The molecule has 0 fully saturated rings. The van der Waals surface area contributed by atoms with Crippen molar-refractivity contribution in [1.82, 2.24) is 26.3 Å². The van der Waals surface area contributed by atoms with E-state index in [1.807, 2.05) is 36.5 Å². The standard InChI is InChI=1S/C10H19BN2O2.C8H15NO2.C4H7B2N3O2.C2H6.BH2N/c1-2-3-4-5-8-12-9(14)6-7-10(15)13-11;1-2-7(10)5-3-4-6-8(9)11;5-8-3(10)1-7-2-4(11)9-6;2*1-2/h2-8H2,1H3,(H,12,14)(H,13,15);2-6H2,1H3,(H2,9,11);7H,1-2H2,(H,8,10)(H,9,11);1-2H3;2H2. The number of hydrogen-bond acceptors (Lipinski definition) is 8. The topological polar surface area (TPSA) is 215 Å². The van der Waals surface area contributed by atoms with E-state index >= 15 is 0 Å². The van der Waals surface area contributed by atoms with Crippen molar-refractivity contribution in [2.45, 2.75) is 98.3 Å². The van der Waals surface area contributed by atoms with E-state index in [-0.39, 0.29) is 49.4 Å². The second-order valence-corrected chi connectivity index (χ2v) is 7.78. The Hall–Kier alpha value is -2.80. The highest BCUT2D eigenvalue weighted by atomic mass is 16.2. The summed E-state index contributed by atoms with van der Waals surface area (Å²) in [5, 5.41) is 11.0. The molecule has 5 amide bonds. The minimum absolute atomic E-state index is 0.0100. The summed E-state index contributed by atoms with van der Waals surface area (Å²) in [7, 11) is 18.4. The minimum Gasteiger partial charge on any atom is -0.409 e. The van der Waals surface area contributed by atoms with Gasteiger partial charge in [-0.3, -0.25) is 34.1 Å². The molecular weight excluding hydrogens is 526 g/mol. The van der Waals surface area contributed by atoms with Crippen LogP contribution in [-0.2, 0) is 28.8 Å². The molecule has 0 bridgehead atoms. The third kappa shape index (κ3) is 50.5. The molecule has 228 valence electrons. The summed E-state index contributed by atoms with van der Waals surface area (Å²) >= 11 is 0. The summed E-state index contributed by atoms with van der Waals surface area (Å²) in [4.78, 5) is 63.7. The van der Waals surface area contributed by atoms with E-state index < -0.39 is 11.8 Å². The molecule has 0 heterocycles. The minimum atomic E-state index is -0.394. The zero-order chi connectivity index (χ0) is 32.9. The number of amides is 5. The van der Waals surface area contributed by atoms with Gasteiger partial charge in [-0.15, -0.1) is 0 Å². The molecule has 0 atom stereocenters. The number of carbonyl (C=O) groups excluding carboxylic acids is 6. The quantitative estimate of drug-likeness (QED) is 0.0769. The number of primary amides is 1. The lowest BCUT2D eigenvalue weighted by Gasteiger charge is -2.04. The Kier molecular flexibility index (Phi) is 48.8. The Balaban J connectivity index is -0.000000151. The first-order valence-electron chi connectivity index (χ1n) is 13.7. The predicted molar refractivity (Wildman–Crippen MR) is 165 cm³/mol. The van der Waals surface area contributed by atoms with Gasteiger partial charge in [0.15, 0.2) is 7.98 Å². The largest absolute Gasteiger partial charge is 0.409 e. The van der Waals surface area contributed by atoms with Gasteiger partial charge in [0.25, 0.3) is 0 Å². The molecule has 0 saturated carbocycles. The molecular formula is C24H49B4N7O6. The van der Waals surface area contributed by atoms with Crippen molar-refractivity contribution < 1.29 is 28.8 Å². The molecule has 0 aliphatic heterocycles. The van der Waals surface area contributed by atoms with E-state index in [1.165, 1.54) is 12.8 Å². The number of ketones is 1. The first kappa shape index (κ1) is 48.0. The fourth-order valence-corrected chi connectivity index (χ4v) is 2.36. The molecule has 13 nitrogen and oxygen atoms in total. The number of carbonyl (C=O) groups is 6. The maximum Gasteiger partial charge on any atom is 0.226 e. The lowest BCUT2D eigenvalue weighted by molar-refractivity contribution is -0.125. The molecule has 9 N–H and O–H groups in total. The molecule has 17 heteroatoms. The molecule has 8 radical (unpaired) electrons. The maximum atomic E-state index is 11.2. The van der Waals surface area contributed by atoms with Crippen LogP contribution in [0.15, 0.2) is 0 Å². The third-order valence-corrected chi connectivity index (χ3v) is 4.51. The molecule has 0 aliphatic carbocycles. The highest BCUT2D eigenvalue weighted by Crippen LogP contribution is 2.01. The van der Waals surface area contributed by atoms with Gasteiger partial charge in [0.05, 0.1) is 13.1 Å². The molecule has 0 unspecified atom stereocenters. The maximum absolute atomic E-state index is 11.2. The molecule has 0 aromatic heterocycles. The Morgan fingerprint density at radius 3 is 1.49 bits per heavy atom. The van der Waals surface area contributed by atoms with Crippen molar-refractivity contribution in [3.63, 3.8) is 0 Å².